The molecule has 0 atom stereocenters. The smallest absolute Gasteiger partial charge is 0.234 e. The van der Waals surface area contributed by atoms with E-state index in [-0.39, 0.29) is 18.3 Å². The minimum Gasteiger partial charge on any atom is -0.484 e. The van der Waals surface area contributed by atoms with Gasteiger partial charge in [-0.1, -0.05) is 61.5 Å². The first-order valence-electron chi connectivity index (χ1n) is 9.22. The summed E-state index contributed by atoms with van der Waals surface area (Å²) >= 11 is 7.42. The summed E-state index contributed by atoms with van der Waals surface area (Å²) in [6.45, 7) is 4.48. The van der Waals surface area contributed by atoms with Crippen LogP contribution >= 0.6 is 23.4 Å². The van der Waals surface area contributed by atoms with Crippen LogP contribution in [-0.4, -0.2) is 26.4 Å². The van der Waals surface area contributed by atoms with Gasteiger partial charge >= 0.3 is 0 Å². The maximum Gasteiger partial charge on any atom is 0.234 e. The number of hydrogen-bond donors (Lipinski definition) is 1. The van der Waals surface area contributed by atoms with Crippen molar-refractivity contribution in [3.8, 4) is 5.75 Å². The van der Waals surface area contributed by atoms with Crippen LogP contribution in [0.4, 0.5) is 5.69 Å². The number of ether oxygens (including phenoxy) is 1. The Morgan fingerprint density at radius 1 is 1.21 bits per heavy atom. The van der Waals surface area contributed by atoms with E-state index in [0.717, 1.165) is 5.69 Å². The quantitative estimate of drug-likeness (QED) is 0.514. The molecule has 0 saturated heterocycles. The molecule has 0 aliphatic rings. The van der Waals surface area contributed by atoms with Crippen molar-refractivity contribution in [2.24, 2.45) is 7.05 Å². The Labute approximate surface area is 179 Å². The lowest BCUT2D eigenvalue weighted by Gasteiger charge is -2.09. The third-order valence-electron chi connectivity index (χ3n) is 4.29. The predicted octanol–water partition coefficient (Wildman–Crippen LogP) is 4.90. The van der Waals surface area contributed by atoms with Crippen LogP contribution in [0.2, 0.25) is 5.02 Å². The highest BCUT2D eigenvalue weighted by Crippen LogP contribution is 2.24. The van der Waals surface area contributed by atoms with Crippen molar-refractivity contribution >= 4 is 35.0 Å². The summed E-state index contributed by atoms with van der Waals surface area (Å²) in [5.74, 6) is 1.80. The minimum atomic E-state index is -0.0900. The van der Waals surface area contributed by atoms with Gasteiger partial charge in [0.1, 0.15) is 12.4 Å². The van der Waals surface area contributed by atoms with Gasteiger partial charge in [0.2, 0.25) is 5.91 Å². The van der Waals surface area contributed by atoms with Crippen LogP contribution in [0.15, 0.2) is 53.7 Å². The van der Waals surface area contributed by atoms with Crippen LogP contribution in [0, 0.1) is 0 Å². The predicted molar refractivity (Wildman–Crippen MR) is 117 cm³/mol. The molecule has 1 aromatic heterocycles. The molecular weight excluding hydrogens is 408 g/mol. The molecule has 3 aromatic rings. The molecule has 8 heteroatoms. The van der Waals surface area contributed by atoms with Gasteiger partial charge in [0.25, 0.3) is 0 Å². The number of para-hydroxylation sites is 1. The maximum absolute atomic E-state index is 12.3. The fourth-order valence-electron chi connectivity index (χ4n) is 2.60. The average molecular weight is 431 g/mol. The van der Waals surface area contributed by atoms with Crippen LogP contribution in [0.1, 0.15) is 31.2 Å². The molecule has 152 valence electrons. The van der Waals surface area contributed by atoms with Crippen molar-refractivity contribution in [1.82, 2.24) is 14.8 Å². The van der Waals surface area contributed by atoms with E-state index in [0.29, 0.717) is 27.7 Å². The third-order valence-corrected chi connectivity index (χ3v) is 5.62. The number of aromatic nitrogens is 3. The lowest BCUT2D eigenvalue weighted by molar-refractivity contribution is -0.113. The third kappa shape index (κ3) is 5.74. The van der Waals surface area contributed by atoms with Gasteiger partial charge in [-0.2, -0.15) is 0 Å². The van der Waals surface area contributed by atoms with Crippen molar-refractivity contribution in [3.63, 3.8) is 0 Å². The second-order valence-corrected chi connectivity index (χ2v) is 8.14. The van der Waals surface area contributed by atoms with Crippen LogP contribution in [0.5, 0.6) is 5.75 Å². The number of carbonyl (C=O) groups excluding carboxylic acids is 1. The van der Waals surface area contributed by atoms with Crippen molar-refractivity contribution < 1.29 is 9.53 Å². The molecule has 0 saturated carbocycles. The number of carbonyl (C=O) groups is 1. The van der Waals surface area contributed by atoms with Gasteiger partial charge in [-0.3, -0.25) is 4.79 Å². The molecule has 0 bridgehead atoms. The van der Waals surface area contributed by atoms with E-state index in [1.54, 1.807) is 12.1 Å². The fourth-order valence-corrected chi connectivity index (χ4v) is 3.52. The van der Waals surface area contributed by atoms with E-state index in [4.69, 9.17) is 16.3 Å². The molecule has 1 heterocycles. The Morgan fingerprint density at radius 2 is 2.00 bits per heavy atom. The summed E-state index contributed by atoms with van der Waals surface area (Å²) in [6.07, 6.45) is 0. The summed E-state index contributed by atoms with van der Waals surface area (Å²) in [5, 5.41) is 12.4. The molecule has 0 fully saturated rings. The topological polar surface area (TPSA) is 69.0 Å². The van der Waals surface area contributed by atoms with Gasteiger partial charge in [0.05, 0.1) is 10.8 Å². The van der Waals surface area contributed by atoms with Gasteiger partial charge in [0, 0.05) is 12.7 Å². The van der Waals surface area contributed by atoms with Crippen molar-refractivity contribution in [1.29, 1.82) is 0 Å². The van der Waals surface area contributed by atoms with Crippen LogP contribution in [0.25, 0.3) is 0 Å². The van der Waals surface area contributed by atoms with Crippen molar-refractivity contribution in [3.05, 3.63) is 64.9 Å². The lowest BCUT2D eigenvalue weighted by Crippen LogP contribution is -2.14. The molecule has 0 aliphatic carbocycles. The Morgan fingerprint density at radius 3 is 2.76 bits per heavy atom. The molecule has 6 nitrogen and oxygen atoms in total. The fraction of sp³-hybridized carbons (Fsp3) is 0.286. The molecule has 1 amide bonds. The van der Waals surface area contributed by atoms with Crippen LogP contribution in [0.3, 0.4) is 0 Å². The second-order valence-electron chi connectivity index (χ2n) is 6.79. The first-order chi connectivity index (χ1) is 13.9. The average Bonchev–Trinajstić information content (AvgIpc) is 3.05. The largest absolute Gasteiger partial charge is 0.484 e. The number of benzene rings is 2. The van der Waals surface area contributed by atoms with Crippen LogP contribution < -0.4 is 10.1 Å². The Balaban J connectivity index is 1.54. The van der Waals surface area contributed by atoms with E-state index in [1.165, 1.54) is 17.3 Å². The SMILES string of the molecule is CC(C)c1cccc(NC(=O)CSc2nnc(COc3ccccc3Cl)n2C)c1. The van der Waals surface area contributed by atoms with Crippen molar-refractivity contribution in [2.75, 3.05) is 11.1 Å². The first-order valence-corrected chi connectivity index (χ1v) is 10.6. The minimum absolute atomic E-state index is 0.0900. The molecule has 0 aliphatic heterocycles. The number of nitrogens with zero attached hydrogens (tertiary/aromatic N) is 3. The molecule has 1 N–H and O–H groups in total. The summed E-state index contributed by atoms with van der Waals surface area (Å²) in [7, 11) is 1.84. The molecule has 0 unspecified atom stereocenters. The lowest BCUT2D eigenvalue weighted by atomic mass is 10.0. The first kappa shape index (κ1) is 21.2. The Kier molecular flexibility index (Phi) is 7.17. The number of amides is 1. The zero-order valence-electron chi connectivity index (χ0n) is 16.6. The van der Waals surface area contributed by atoms with E-state index >= 15 is 0 Å². The van der Waals surface area contributed by atoms with Crippen LogP contribution in [-0.2, 0) is 18.4 Å². The highest BCUT2D eigenvalue weighted by molar-refractivity contribution is 7.99. The summed E-state index contributed by atoms with van der Waals surface area (Å²) in [5.41, 5.74) is 1.99. The number of halogens is 1. The number of rotatable bonds is 8. The van der Waals surface area contributed by atoms with E-state index in [2.05, 4.69) is 35.4 Å². The molecule has 29 heavy (non-hydrogen) atoms. The molecule has 2 aromatic carbocycles. The van der Waals surface area contributed by atoms with Gasteiger partial charge in [-0.25, -0.2) is 0 Å². The summed E-state index contributed by atoms with van der Waals surface area (Å²) < 4.78 is 7.52. The van der Waals surface area contributed by atoms with E-state index in [1.807, 2.05) is 41.9 Å². The number of anilines is 1. The summed E-state index contributed by atoms with van der Waals surface area (Å²) in [4.78, 5) is 12.3. The highest BCUT2D eigenvalue weighted by atomic mass is 35.5. The van der Waals surface area contributed by atoms with Gasteiger partial charge < -0.3 is 14.6 Å². The van der Waals surface area contributed by atoms with Crippen molar-refractivity contribution in [2.45, 2.75) is 31.5 Å². The monoisotopic (exact) mass is 430 g/mol. The molecule has 0 spiro atoms. The molecular formula is C21H23ClN4O2S. The van der Waals surface area contributed by atoms with Gasteiger partial charge in [-0.05, 0) is 35.7 Å². The Hall–Kier alpha value is -2.51. The zero-order valence-corrected chi connectivity index (χ0v) is 18.1. The number of nitrogens with one attached hydrogen (secondary N) is 1. The van der Waals surface area contributed by atoms with E-state index in [9.17, 15) is 4.79 Å². The number of thioether (sulfide) groups is 1. The zero-order chi connectivity index (χ0) is 20.8. The summed E-state index contributed by atoms with van der Waals surface area (Å²) in [6, 6.07) is 15.2. The Bertz CT molecular complexity index is 990. The molecule has 3 rings (SSSR count). The van der Waals surface area contributed by atoms with E-state index < -0.39 is 0 Å². The molecule has 0 radical (unpaired) electrons. The number of hydrogen-bond acceptors (Lipinski definition) is 5. The normalized spacial score (nSPS) is 10.9. The maximum atomic E-state index is 12.3. The van der Waals surface area contributed by atoms with Gasteiger partial charge in [-0.15, -0.1) is 10.2 Å². The second kappa shape index (κ2) is 9.80. The van der Waals surface area contributed by atoms with Gasteiger partial charge in [0.15, 0.2) is 11.0 Å². The highest BCUT2D eigenvalue weighted by Gasteiger charge is 2.13. The standard InChI is InChI=1S/C21H23ClN4O2S/c1-14(2)15-7-6-8-16(11-15)23-20(27)13-29-21-25-24-19(26(21)3)12-28-18-10-5-4-9-17(18)22/h4-11,14H,12-13H2,1-3H3,(H,23,27).